The molecular weight excluding hydrogens is 771 g/mol. The number of methoxy groups -OCH3 is 1. The number of aryl methyl sites for hydroxylation is 1. The number of nitrogen functional groups attached to an aromatic ring is 1. The maximum atomic E-state index is 14.9. The molecule has 0 unspecified atom stereocenters. The van der Waals surface area contributed by atoms with E-state index in [4.69, 9.17) is 24.7 Å². The van der Waals surface area contributed by atoms with Crippen molar-refractivity contribution in [3.8, 4) is 11.6 Å². The third kappa shape index (κ3) is 9.40. The van der Waals surface area contributed by atoms with Gasteiger partial charge in [-0.05, 0) is 60.9 Å². The van der Waals surface area contributed by atoms with Gasteiger partial charge in [0.1, 0.15) is 25.1 Å². The number of esters is 2. The first-order chi connectivity index (χ1) is 28.3. The number of amides is 1. The second kappa shape index (κ2) is 17.1. The Morgan fingerprint density at radius 2 is 1.56 bits per heavy atom. The van der Waals surface area contributed by atoms with Crippen molar-refractivity contribution in [1.29, 1.82) is 0 Å². The van der Waals surface area contributed by atoms with E-state index in [-0.39, 0.29) is 48.3 Å². The van der Waals surface area contributed by atoms with Crippen molar-refractivity contribution in [3.63, 3.8) is 0 Å². The van der Waals surface area contributed by atoms with Gasteiger partial charge in [0.2, 0.25) is 17.9 Å². The van der Waals surface area contributed by atoms with E-state index in [0.717, 1.165) is 17.2 Å². The van der Waals surface area contributed by atoms with Crippen LogP contribution in [0, 0.1) is 12.3 Å². The molecule has 14 nitrogen and oxygen atoms in total. The molecule has 1 spiro atoms. The van der Waals surface area contributed by atoms with Crippen LogP contribution in [0.15, 0.2) is 97.2 Å². The standard InChI is InChI=1S/C42H42F3N7O7/c1-27-15-18-52(49-27)32-21-30(37(53)56-2)13-14-31(32)36(42(43,44)45)59-35-22-34(47-39(46)48-35)50-19-16-41(17-20-50)23-33(38(54)57-24-28-9-5-3-6-10-28)51(26-41)40(55)58-25-29-11-7-4-8-12-29/h3-15,18,21-22,33,36H,16-17,19-20,23-26H2,1-2H3,(H2,46,47,48)/t33-,36+/m0/s1. The van der Waals surface area contributed by atoms with Crippen LogP contribution in [-0.2, 0) is 32.2 Å². The topological polar surface area (TPSA) is 164 Å². The molecule has 2 aliphatic rings. The van der Waals surface area contributed by atoms with Crippen LogP contribution in [0.2, 0.25) is 0 Å². The molecular formula is C42H42F3N7O7. The molecule has 2 aliphatic heterocycles. The minimum absolute atomic E-state index is 0.0154. The molecule has 5 aromatic rings. The number of rotatable bonds is 11. The van der Waals surface area contributed by atoms with Crippen LogP contribution in [0.3, 0.4) is 0 Å². The summed E-state index contributed by atoms with van der Waals surface area (Å²) in [4.78, 5) is 51.1. The third-order valence-corrected chi connectivity index (χ3v) is 10.5. The molecule has 0 aliphatic carbocycles. The highest BCUT2D eigenvalue weighted by molar-refractivity contribution is 5.90. The van der Waals surface area contributed by atoms with Crippen LogP contribution < -0.4 is 15.4 Å². The summed E-state index contributed by atoms with van der Waals surface area (Å²) in [6, 6.07) is 24.1. The highest BCUT2D eigenvalue weighted by Gasteiger charge is 2.51. The van der Waals surface area contributed by atoms with Crippen molar-refractivity contribution >= 4 is 29.8 Å². The summed E-state index contributed by atoms with van der Waals surface area (Å²) in [6.45, 7) is 2.72. The number of carbonyl (C=O) groups is 3. The monoisotopic (exact) mass is 813 g/mol. The summed E-state index contributed by atoms with van der Waals surface area (Å²) < 4.78 is 67.7. The van der Waals surface area contributed by atoms with Gasteiger partial charge in [0, 0.05) is 37.5 Å². The summed E-state index contributed by atoms with van der Waals surface area (Å²) in [5.41, 5.74) is 7.33. The maximum absolute atomic E-state index is 14.9. The van der Waals surface area contributed by atoms with Gasteiger partial charge in [0.05, 0.1) is 24.1 Å². The number of likely N-dealkylation sites (tertiary alicyclic amines) is 1. The Bertz CT molecular complexity index is 2220. The van der Waals surface area contributed by atoms with Gasteiger partial charge in [-0.2, -0.15) is 28.2 Å². The van der Waals surface area contributed by atoms with Crippen molar-refractivity contribution in [2.24, 2.45) is 5.41 Å². The highest BCUT2D eigenvalue weighted by Crippen LogP contribution is 2.45. The molecule has 0 bridgehead atoms. The minimum Gasteiger partial charge on any atom is -0.465 e. The Hall–Kier alpha value is -6.65. The lowest BCUT2D eigenvalue weighted by molar-refractivity contribution is -0.198. The van der Waals surface area contributed by atoms with E-state index in [1.165, 1.54) is 41.1 Å². The lowest BCUT2D eigenvalue weighted by Crippen LogP contribution is -2.43. The minimum atomic E-state index is -4.95. The zero-order valence-electron chi connectivity index (χ0n) is 32.3. The van der Waals surface area contributed by atoms with Crippen LogP contribution in [0.5, 0.6) is 5.88 Å². The van der Waals surface area contributed by atoms with Gasteiger partial charge in [-0.25, -0.2) is 19.1 Å². The number of carbonyl (C=O) groups excluding carboxylic acids is 3. The van der Waals surface area contributed by atoms with Gasteiger partial charge in [0.25, 0.3) is 0 Å². The van der Waals surface area contributed by atoms with E-state index in [9.17, 15) is 27.6 Å². The summed E-state index contributed by atoms with van der Waals surface area (Å²) in [6.07, 6.45) is -5.33. The van der Waals surface area contributed by atoms with Gasteiger partial charge in [0.15, 0.2) is 0 Å². The quantitative estimate of drug-likeness (QED) is 0.110. The fourth-order valence-corrected chi connectivity index (χ4v) is 7.50. The Morgan fingerprint density at radius 3 is 2.17 bits per heavy atom. The molecule has 4 heterocycles. The normalized spacial score (nSPS) is 16.7. The summed E-state index contributed by atoms with van der Waals surface area (Å²) >= 11 is 0. The van der Waals surface area contributed by atoms with Crippen molar-refractivity contribution in [2.45, 2.75) is 57.7 Å². The molecule has 3 aromatic carbocycles. The number of benzene rings is 3. The largest absolute Gasteiger partial charge is 0.465 e. The number of alkyl halides is 3. The zero-order chi connectivity index (χ0) is 41.7. The van der Waals surface area contributed by atoms with E-state index in [2.05, 4.69) is 15.1 Å². The van der Waals surface area contributed by atoms with Crippen molar-refractivity contribution in [2.75, 3.05) is 37.4 Å². The van der Waals surface area contributed by atoms with E-state index >= 15 is 0 Å². The van der Waals surface area contributed by atoms with Gasteiger partial charge in [-0.3, -0.25) is 4.90 Å². The second-order valence-corrected chi connectivity index (χ2v) is 14.6. The number of anilines is 2. The Labute approximate surface area is 337 Å². The smallest absolute Gasteiger partial charge is 0.429 e. The van der Waals surface area contributed by atoms with E-state index in [1.54, 1.807) is 13.0 Å². The average molecular weight is 814 g/mol. The first-order valence-electron chi connectivity index (χ1n) is 18.9. The predicted molar refractivity (Wildman–Crippen MR) is 207 cm³/mol. The molecule has 2 atom stereocenters. The number of hydrogen-bond donors (Lipinski definition) is 1. The molecule has 0 saturated carbocycles. The molecule has 2 saturated heterocycles. The summed E-state index contributed by atoms with van der Waals surface area (Å²) in [5.74, 6) is -1.78. The van der Waals surface area contributed by atoms with Crippen LogP contribution in [-0.4, -0.2) is 81.6 Å². The molecule has 17 heteroatoms. The number of piperidine rings is 1. The molecule has 2 aromatic heterocycles. The van der Waals surface area contributed by atoms with Crippen molar-refractivity contribution in [1.82, 2.24) is 24.6 Å². The number of nitrogens with two attached hydrogens (primary N) is 1. The van der Waals surface area contributed by atoms with Gasteiger partial charge < -0.3 is 29.6 Å². The zero-order valence-corrected chi connectivity index (χ0v) is 32.3. The predicted octanol–water partition coefficient (Wildman–Crippen LogP) is 6.76. The number of ether oxygens (including phenoxy) is 4. The van der Waals surface area contributed by atoms with Gasteiger partial charge >= 0.3 is 24.2 Å². The number of hydrogen-bond acceptors (Lipinski definition) is 12. The second-order valence-electron chi connectivity index (χ2n) is 14.6. The van der Waals surface area contributed by atoms with Gasteiger partial charge in [-0.1, -0.05) is 66.7 Å². The Kier molecular flexibility index (Phi) is 11.7. The lowest BCUT2D eigenvalue weighted by atomic mass is 9.76. The van der Waals surface area contributed by atoms with Crippen molar-refractivity contribution < 1.29 is 46.5 Å². The maximum Gasteiger partial charge on any atom is 0.429 e. The van der Waals surface area contributed by atoms with Crippen LogP contribution in [0.4, 0.5) is 29.7 Å². The lowest BCUT2D eigenvalue weighted by Gasteiger charge is -2.39. The van der Waals surface area contributed by atoms with Crippen LogP contribution >= 0.6 is 0 Å². The third-order valence-electron chi connectivity index (χ3n) is 10.5. The highest BCUT2D eigenvalue weighted by atomic mass is 19.4. The molecule has 59 heavy (non-hydrogen) atoms. The first kappa shape index (κ1) is 40.5. The van der Waals surface area contributed by atoms with E-state index in [1.807, 2.05) is 65.6 Å². The SMILES string of the molecule is COC(=O)c1ccc([C@@H](Oc2cc(N3CCC4(CC3)C[C@@H](C(=O)OCc3ccccc3)N(C(=O)OCc3ccccc3)C4)nc(N)n2)C(F)(F)F)c(-n2ccc(C)n2)c1. The molecule has 2 fully saturated rings. The molecule has 2 N–H and O–H groups in total. The van der Waals surface area contributed by atoms with Crippen molar-refractivity contribution in [3.05, 3.63) is 125 Å². The first-order valence-corrected chi connectivity index (χ1v) is 18.9. The fraction of sp³-hybridized carbons (Fsp3) is 0.333. The number of halogens is 3. The van der Waals surface area contributed by atoms with E-state index < -0.39 is 47.6 Å². The van der Waals surface area contributed by atoms with Crippen LogP contribution in [0.1, 0.15) is 58.1 Å². The fourth-order valence-electron chi connectivity index (χ4n) is 7.50. The van der Waals surface area contributed by atoms with Crippen LogP contribution in [0.25, 0.3) is 5.69 Å². The molecule has 7 rings (SSSR count). The van der Waals surface area contributed by atoms with Gasteiger partial charge in [-0.15, -0.1) is 0 Å². The summed E-state index contributed by atoms with van der Waals surface area (Å²) in [7, 11) is 1.17. The average Bonchev–Trinajstić information content (AvgIpc) is 3.84. The number of nitrogens with zero attached hydrogens (tertiary/aromatic N) is 6. The summed E-state index contributed by atoms with van der Waals surface area (Å²) in [5, 5.41) is 4.27. The molecule has 1 amide bonds. The van der Waals surface area contributed by atoms with E-state index in [0.29, 0.717) is 38.0 Å². The Morgan fingerprint density at radius 1 is 0.898 bits per heavy atom. The Balaban J connectivity index is 1.09. The molecule has 0 radical (unpaired) electrons. The molecule has 308 valence electrons. The number of aromatic nitrogens is 4.